The Morgan fingerprint density at radius 2 is 1.75 bits per heavy atom. The summed E-state index contributed by atoms with van der Waals surface area (Å²) in [7, 11) is 0. The molecule has 1 unspecified atom stereocenters. The average molecular weight is 272 g/mol. The molecule has 2 aliphatic rings. The Morgan fingerprint density at radius 1 is 1.15 bits per heavy atom. The predicted molar refractivity (Wildman–Crippen MR) is 80.0 cm³/mol. The number of amides is 1. The summed E-state index contributed by atoms with van der Waals surface area (Å²) < 4.78 is 0. The van der Waals surface area contributed by atoms with Crippen LogP contribution in [0.4, 0.5) is 0 Å². The van der Waals surface area contributed by atoms with Gasteiger partial charge >= 0.3 is 0 Å². The van der Waals surface area contributed by atoms with Crippen molar-refractivity contribution in [2.75, 3.05) is 13.1 Å². The molecule has 0 aromatic heterocycles. The highest BCUT2D eigenvalue weighted by molar-refractivity contribution is 5.81. The molecule has 1 saturated heterocycles. The van der Waals surface area contributed by atoms with E-state index in [2.05, 4.69) is 45.1 Å². The number of benzene rings is 1. The number of carbonyl (C=O) groups excluding carboxylic acids is 1. The molecular formula is C17H24N2O. The van der Waals surface area contributed by atoms with Crippen molar-refractivity contribution in [1.29, 1.82) is 0 Å². The maximum absolute atomic E-state index is 12.2. The summed E-state index contributed by atoms with van der Waals surface area (Å²) in [6, 6.07) is 10.3. The summed E-state index contributed by atoms with van der Waals surface area (Å²) in [4.78, 5) is 14.2. The molecule has 1 atom stereocenters. The molecule has 0 spiro atoms. The summed E-state index contributed by atoms with van der Waals surface area (Å²) >= 11 is 0. The molecule has 1 saturated carbocycles. The summed E-state index contributed by atoms with van der Waals surface area (Å²) in [5.41, 5.74) is 1.81. The summed E-state index contributed by atoms with van der Waals surface area (Å²) in [6.45, 7) is 10.5. The lowest BCUT2D eigenvalue weighted by atomic mass is 10.0. The lowest BCUT2D eigenvalue weighted by Gasteiger charge is -2.25. The van der Waals surface area contributed by atoms with Crippen LogP contribution < -0.4 is 5.32 Å². The van der Waals surface area contributed by atoms with Crippen molar-refractivity contribution in [2.24, 2.45) is 16.7 Å². The van der Waals surface area contributed by atoms with Crippen molar-refractivity contribution in [3.63, 3.8) is 0 Å². The van der Waals surface area contributed by atoms with Crippen LogP contribution >= 0.6 is 0 Å². The molecule has 3 nitrogen and oxygen atoms in total. The number of hydrogen-bond donors (Lipinski definition) is 1. The summed E-state index contributed by atoms with van der Waals surface area (Å²) in [5, 5.41) is 3.34. The van der Waals surface area contributed by atoms with Crippen LogP contribution in [0, 0.1) is 16.7 Å². The molecule has 1 heterocycles. The van der Waals surface area contributed by atoms with Crippen molar-refractivity contribution < 1.29 is 4.79 Å². The normalized spacial score (nSPS) is 27.9. The van der Waals surface area contributed by atoms with Gasteiger partial charge < -0.3 is 4.90 Å². The molecule has 20 heavy (non-hydrogen) atoms. The fourth-order valence-electron chi connectivity index (χ4n) is 3.67. The van der Waals surface area contributed by atoms with Gasteiger partial charge in [0.15, 0.2) is 0 Å². The van der Waals surface area contributed by atoms with E-state index in [1.807, 2.05) is 23.1 Å². The monoisotopic (exact) mass is 272 g/mol. The van der Waals surface area contributed by atoms with E-state index in [1.165, 1.54) is 5.56 Å². The quantitative estimate of drug-likeness (QED) is 0.917. The van der Waals surface area contributed by atoms with Gasteiger partial charge in [0.1, 0.15) is 6.17 Å². The number of carbonyl (C=O) groups is 1. The van der Waals surface area contributed by atoms with E-state index < -0.39 is 0 Å². The molecular weight excluding hydrogens is 248 g/mol. The number of nitrogens with one attached hydrogen (secondary N) is 1. The minimum Gasteiger partial charge on any atom is -0.321 e. The Bertz CT molecular complexity index is 507. The fraction of sp³-hybridized carbons (Fsp3) is 0.588. The van der Waals surface area contributed by atoms with Crippen LogP contribution in [0.25, 0.3) is 0 Å². The molecule has 0 bridgehead atoms. The standard InChI is InChI=1S/C17H24N2O/c1-16(2)13(17(16,3)4)11-19-14(20)10-18-15(19)12-8-6-5-7-9-12/h5-9,13,15,18H,10-11H2,1-4H3. The van der Waals surface area contributed by atoms with E-state index in [1.54, 1.807) is 0 Å². The third-order valence-corrected chi connectivity index (χ3v) is 5.89. The van der Waals surface area contributed by atoms with Crippen molar-refractivity contribution in [3.05, 3.63) is 35.9 Å². The predicted octanol–water partition coefficient (Wildman–Crippen LogP) is 2.80. The first-order chi connectivity index (χ1) is 9.35. The van der Waals surface area contributed by atoms with Crippen LogP contribution in [0.5, 0.6) is 0 Å². The summed E-state index contributed by atoms with van der Waals surface area (Å²) in [5.74, 6) is 0.794. The first-order valence-corrected chi connectivity index (χ1v) is 7.43. The number of rotatable bonds is 3. The Morgan fingerprint density at radius 3 is 2.30 bits per heavy atom. The first-order valence-electron chi connectivity index (χ1n) is 7.43. The van der Waals surface area contributed by atoms with Crippen molar-refractivity contribution in [1.82, 2.24) is 10.2 Å². The zero-order valence-corrected chi connectivity index (χ0v) is 12.8. The van der Waals surface area contributed by atoms with E-state index in [0.717, 1.165) is 6.54 Å². The zero-order chi connectivity index (χ0) is 14.5. The third-order valence-electron chi connectivity index (χ3n) is 5.89. The zero-order valence-electron chi connectivity index (χ0n) is 12.8. The minimum atomic E-state index is 0.0379. The lowest BCUT2D eigenvalue weighted by molar-refractivity contribution is -0.128. The third kappa shape index (κ3) is 1.87. The van der Waals surface area contributed by atoms with Crippen LogP contribution in [0.15, 0.2) is 30.3 Å². The van der Waals surface area contributed by atoms with E-state index in [0.29, 0.717) is 23.3 Å². The van der Waals surface area contributed by atoms with Gasteiger partial charge in [0.2, 0.25) is 5.91 Å². The van der Waals surface area contributed by atoms with Gasteiger partial charge in [-0.05, 0) is 22.3 Å². The largest absolute Gasteiger partial charge is 0.321 e. The second kappa shape index (κ2) is 4.32. The van der Waals surface area contributed by atoms with E-state index >= 15 is 0 Å². The van der Waals surface area contributed by atoms with Crippen LogP contribution in [0.2, 0.25) is 0 Å². The Kier molecular flexibility index (Phi) is 2.94. The molecule has 3 rings (SSSR count). The first kappa shape index (κ1) is 13.6. The number of hydrogen-bond acceptors (Lipinski definition) is 2. The molecule has 1 N–H and O–H groups in total. The fourth-order valence-corrected chi connectivity index (χ4v) is 3.67. The van der Waals surface area contributed by atoms with Crippen LogP contribution in [0.1, 0.15) is 39.4 Å². The van der Waals surface area contributed by atoms with E-state index in [-0.39, 0.29) is 12.1 Å². The Hall–Kier alpha value is -1.35. The van der Waals surface area contributed by atoms with Crippen LogP contribution in [-0.2, 0) is 4.79 Å². The van der Waals surface area contributed by atoms with Crippen LogP contribution in [-0.4, -0.2) is 23.9 Å². The van der Waals surface area contributed by atoms with Gasteiger partial charge in [-0.25, -0.2) is 0 Å². The van der Waals surface area contributed by atoms with E-state index in [9.17, 15) is 4.79 Å². The Balaban J connectivity index is 1.79. The molecule has 1 aromatic carbocycles. The van der Waals surface area contributed by atoms with Gasteiger partial charge in [0.05, 0.1) is 6.54 Å². The van der Waals surface area contributed by atoms with Gasteiger partial charge in [0, 0.05) is 6.54 Å². The van der Waals surface area contributed by atoms with Crippen molar-refractivity contribution >= 4 is 5.91 Å². The molecule has 2 fully saturated rings. The highest BCUT2D eigenvalue weighted by atomic mass is 16.2. The van der Waals surface area contributed by atoms with Crippen LogP contribution in [0.3, 0.4) is 0 Å². The van der Waals surface area contributed by atoms with Gasteiger partial charge in [-0.3, -0.25) is 10.1 Å². The van der Waals surface area contributed by atoms with Crippen molar-refractivity contribution in [2.45, 2.75) is 33.9 Å². The second-order valence-corrected chi connectivity index (χ2v) is 7.24. The maximum Gasteiger partial charge on any atom is 0.238 e. The summed E-state index contributed by atoms with van der Waals surface area (Å²) in [6.07, 6.45) is 0.0379. The van der Waals surface area contributed by atoms with E-state index in [4.69, 9.17) is 0 Å². The SMILES string of the molecule is CC1(C)C(CN2C(=O)CNC2c2ccccc2)C1(C)C. The molecule has 1 amide bonds. The molecule has 3 heteroatoms. The topological polar surface area (TPSA) is 32.3 Å². The molecule has 108 valence electrons. The molecule has 0 radical (unpaired) electrons. The van der Waals surface area contributed by atoms with Crippen molar-refractivity contribution in [3.8, 4) is 0 Å². The lowest BCUT2D eigenvalue weighted by Crippen LogP contribution is -2.33. The van der Waals surface area contributed by atoms with Gasteiger partial charge in [-0.2, -0.15) is 0 Å². The number of nitrogens with zero attached hydrogens (tertiary/aromatic N) is 1. The average Bonchev–Trinajstić information content (AvgIpc) is 2.71. The van der Waals surface area contributed by atoms with Gasteiger partial charge in [-0.1, -0.05) is 58.0 Å². The second-order valence-electron chi connectivity index (χ2n) is 7.24. The Labute approximate surface area is 121 Å². The molecule has 1 aromatic rings. The highest BCUT2D eigenvalue weighted by Gasteiger charge is 2.65. The smallest absolute Gasteiger partial charge is 0.238 e. The minimum absolute atomic E-state index is 0.0379. The maximum atomic E-state index is 12.2. The molecule has 1 aliphatic carbocycles. The highest BCUT2D eigenvalue weighted by Crippen LogP contribution is 2.68. The van der Waals surface area contributed by atoms with Gasteiger partial charge in [0.25, 0.3) is 0 Å². The van der Waals surface area contributed by atoms with Gasteiger partial charge in [-0.15, -0.1) is 0 Å². The molecule has 1 aliphatic heterocycles.